The van der Waals surface area contributed by atoms with E-state index >= 15 is 0 Å². The maximum atomic E-state index is 4.90. The highest BCUT2D eigenvalue weighted by Gasteiger charge is 2.12. The first kappa shape index (κ1) is 15.9. The zero-order valence-electron chi connectivity index (χ0n) is 14.1. The standard InChI is InChI=1S/C22H22S/c1-14-8-10-16(3)20(12-14)18-6-5-7-19(22(18)23)21-13-15(2)9-11-17(21)4/h5-13,23H,1-4H3. The van der Waals surface area contributed by atoms with Crippen LogP contribution in [-0.2, 0) is 0 Å². The van der Waals surface area contributed by atoms with Crippen LogP contribution < -0.4 is 0 Å². The van der Waals surface area contributed by atoms with E-state index < -0.39 is 0 Å². The third-order valence-electron chi connectivity index (χ3n) is 4.40. The minimum absolute atomic E-state index is 1.05. The molecular weight excluding hydrogens is 296 g/mol. The van der Waals surface area contributed by atoms with Crippen molar-refractivity contribution < 1.29 is 0 Å². The Kier molecular flexibility index (Phi) is 4.32. The molecule has 0 N–H and O–H groups in total. The zero-order chi connectivity index (χ0) is 16.6. The monoisotopic (exact) mass is 318 g/mol. The molecule has 0 spiro atoms. The molecule has 0 heterocycles. The molecule has 1 heteroatoms. The minimum Gasteiger partial charge on any atom is -0.142 e. The molecule has 0 aliphatic heterocycles. The molecule has 3 aromatic carbocycles. The first-order chi connectivity index (χ1) is 11.0. The van der Waals surface area contributed by atoms with E-state index in [9.17, 15) is 0 Å². The van der Waals surface area contributed by atoms with Gasteiger partial charge in [-0.3, -0.25) is 0 Å². The Hall–Kier alpha value is -1.99. The summed E-state index contributed by atoms with van der Waals surface area (Å²) < 4.78 is 0. The normalized spacial score (nSPS) is 10.8. The number of rotatable bonds is 2. The van der Waals surface area contributed by atoms with Crippen LogP contribution in [0.25, 0.3) is 22.3 Å². The molecule has 0 atom stereocenters. The third-order valence-corrected chi connectivity index (χ3v) is 4.88. The van der Waals surface area contributed by atoms with E-state index in [2.05, 4.69) is 82.3 Å². The van der Waals surface area contributed by atoms with Gasteiger partial charge in [-0.2, -0.15) is 0 Å². The number of benzene rings is 3. The Morgan fingerprint density at radius 3 is 1.43 bits per heavy atom. The van der Waals surface area contributed by atoms with E-state index in [0.29, 0.717) is 0 Å². The van der Waals surface area contributed by atoms with Crippen molar-refractivity contribution in [3.63, 3.8) is 0 Å². The van der Waals surface area contributed by atoms with Gasteiger partial charge in [0.2, 0.25) is 0 Å². The Morgan fingerprint density at radius 2 is 1.00 bits per heavy atom. The summed E-state index contributed by atoms with van der Waals surface area (Å²) >= 11 is 4.90. The van der Waals surface area contributed by atoms with E-state index in [4.69, 9.17) is 12.6 Å². The van der Waals surface area contributed by atoms with Gasteiger partial charge in [0, 0.05) is 4.90 Å². The van der Waals surface area contributed by atoms with Gasteiger partial charge in [-0.15, -0.1) is 12.6 Å². The maximum Gasteiger partial charge on any atom is 0.0198 e. The average molecular weight is 318 g/mol. The molecule has 0 radical (unpaired) electrons. The summed E-state index contributed by atoms with van der Waals surface area (Å²) in [5.41, 5.74) is 10.0. The van der Waals surface area contributed by atoms with E-state index in [1.54, 1.807) is 0 Å². The summed E-state index contributed by atoms with van der Waals surface area (Å²) in [6.45, 7) is 8.59. The highest BCUT2D eigenvalue weighted by atomic mass is 32.1. The molecule has 0 aliphatic carbocycles. The first-order valence-corrected chi connectivity index (χ1v) is 8.39. The van der Waals surface area contributed by atoms with Gasteiger partial charge >= 0.3 is 0 Å². The predicted octanol–water partition coefficient (Wildman–Crippen LogP) is 6.54. The molecule has 0 aromatic heterocycles. The Labute approximate surface area is 144 Å². The highest BCUT2D eigenvalue weighted by Crippen LogP contribution is 2.38. The third kappa shape index (κ3) is 3.07. The highest BCUT2D eigenvalue weighted by molar-refractivity contribution is 7.80. The maximum absolute atomic E-state index is 4.90. The second-order valence-corrected chi connectivity index (χ2v) is 6.79. The Bertz CT molecular complexity index is 805. The van der Waals surface area contributed by atoms with Gasteiger partial charge in [0.25, 0.3) is 0 Å². The fraction of sp³-hybridized carbons (Fsp3) is 0.182. The van der Waals surface area contributed by atoms with Gasteiger partial charge in [0.15, 0.2) is 0 Å². The van der Waals surface area contributed by atoms with Crippen molar-refractivity contribution in [3.8, 4) is 22.3 Å². The van der Waals surface area contributed by atoms with Gasteiger partial charge in [-0.1, -0.05) is 65.7 Å². The summed E-state index contributed by atoms with van der Waals surface area (Å²) in [5.74, 6) is 0. The lowest BCUT2D eigenvalue weighted by atomic mass is 9.93. The van der Waals surface area contributed by atoms with Crippen LogP contribution in [0.5, 0.6) is 0 Å². The number of hydrogen-bond acceptors (Lipinski definition) is 1. The topological polar surface area (TPSA) is 0 Å². The molecule has 3 rings (SSSR count). The number of aryl methyl sites for hydroxylation is 4. The van der Waals surface area contributed by atoms with Crippen LogP contribution >= 0.6 is 12.6 Å². The summed E-state index contributed by atoms with van der Waals surface area (Å²) in [6.07, 6.45) is 0. The van der Waals surface area contributed by atoms with Crippen LogP contribution in [0.15, 0.2) is 59.5 Å². The molecule has 3 aromatic rings. The Morgan fingerprint density at radius 1 is 0.565 bits per heavy atom. The summed E-state index contributed by atoms with van der Waals surface area (Å²) in [5, 5.41) is 0. The van der Waals surface area contributed by atoms with E-state index in [1.165, 1.54) is 44.5 Å². The molecule has 23 heavy (non-hydrogen) atoms. The fourth-order valence-electron chi connectivity index (χ4n) is 3.03. The van der Waals surface area contributed by atoms with E-state index in [1.807, 2.05) is 0 Å². The largest absolute Gasteiger partial charge is 0.142 e. The van der Waals surface area contributed by atoms with Crippen molar-refractivity contribution in [2.75, 3.05) is 0 Å². The molecule has 0 fully saturated rings. The molecule has 0 saturated carbocycles. The fourth-order valence-corrected chi connectivity index (χ4v) is 3.42. The molecule has 0 saturated heterocycles. The minimum atomic E-state index is 1.05. The van der Waals surface area contributed by atoms with Crippen molar-refractivity contribution in [3.05, 3.63) is 76.9 Å². The van der Waals surface area contributed by atoms with E-state index in [-0.39, 0.29) is 0 Å². The second kappa shape index (κ2) is 6.25. The summed E-state index contributed by atoms with van der Waals surface area (Å²) in [6, 6.07) is 19.6. The van der Waals surface area contributed by atoms with E-state index in [0.717, 1.165) is 4.90 Å². The van der Waals surface area contributed by atoms with Crippen molar-refractivity contribution in [1.82, 2.24) is 0 Å². The van der Waals surface area contributed by atoms with Crippen molar-refractivity contribution >= 4 is 12.6 Å². The molecule has 116 valence electrons. The molecule has 0 unspecified atom stereocenters. The van der Waals surface area contributed by atoms with Crippen molar-refractivity contribution in [1.29, 1.82) is 0 Å². The molecular formula is C22H22S. The van der Waals surface area contributed by atoms with Crippen LogP contribution in [0, 0.1) is 27.7 Å². The summed E-state index contributed by atoms with van der Waals surface area (Å²) in [4.78, 5) is 1.05. The second-order valence-electron chi connectivity index (χ2n) is 6.34. The molecule has 0 nitrogen and oxygen atoms in total. The quantitative estimate of drug-likeness (QED) is 0.509. The molecule has 0 aliphatic rings. The van der Waals surface area contributed by atoms with Gasteiger partial charge in [-0.05, 0) is 61.1 Å². The van der Waals surface area contributed by atoms with Crippen LogP contribution in [0.4, 0.5) is 0 Å². The SMILES string of the molecule is Cc1ccc(C)c(-c2cccc(-c3cc(C)ccc3C)c2S)c1. The van der Waals surface area contributed by atoms with Gasteiger partial charge in [0.1, 0.15) is 0 Å². The smallest absolute Gasteiger partial charge is 0.0198 e. The van der Waals surface area contributed by atoms with Gasteiger partial charge in [-0.25, -0.2) is 0 Å². The van der Waals surface area contributed by atoms with Crippen LogP contribution in [0.2, 0.25) is 0 Å². The predicted molar refractivity (Wildman–Crippen MR) is 104 cm³/mol. The van der Waals surface area contributed by atoms with Gasteiger partial charge < -0.3 is 0 Å². The lowest BCUT2D eigenvalue weighted by Crippen LogP contribution is -1.91. The summed E-state index contributed by atoms with van der Waals surface area (Å²) in [7, 11) is 0. The van der Waals surface area contributed by atoms with Crippen molar-refractivity contribution in [2.45, 2.75) is 32.6 Å². The number of thiol groups is 1. The Balaban J connectivity index is 2.23. The lowest BCUT2D eigenvalue weighted by molar-refractivity contribution is 1.34. The molecule has 0 amide bonds. The average Bonchev–Trinajstić information content (AvgIpc) is 2.53. The van der Waals surface area contributed by atoms with Crippen LogP contribution in [0.3, 0.4) is 0 Å². The number of hydrogen-bond donors (Lipinski definition) is 1. The molecule has 0 bridgehead atoms. The zero-order valence-corrected chi connectivity index (χ0v) is 15.0. The van der Waals surface area contributed by atoms with Crippen LogP contribution in [0.1, 0.15) is 22.3 Å². The van der Waals surface area contributed by atoms with Crippen molar-refractivity contribution in [2.24, 2.45) is 0 Å². The first-order valence-electron chi connectivity index (χ1n) is 7.94. The van der Waals surface area contributed by atoms with Crippen LogP contribution in [-0.4, -0.2) is 0 Å². The lowest BCUT2D eigenvalue weighted by Gasteiger charge is -2.15. The van der Waals surface area contributed by atoms with Gasteiger partial charge in [0.05, 0.1) is 0 Å².